The minimum Gasteiger partial charge on any atom is -0.384 e. The van der Waals surface area contributed by atoms with E-state index in [-0.39, 0.29) is 6.61 Å². The van der Waals surface area contributed by atoms with Crippen LogP contribution in [0.5, 0.6) is 0 Å². The Morgan fingerprint density at radius 3 is 3.23 bits per heavy atom. The second-order valence-electron chi connectivity index (χ2n) is 2.42. The SMILES string of the molecule is OCC#Cc1ncnc2[nH]ccc12. The molecule has 0 saturated carbocycles. The van der Waals surface area contributed by atoms with Crippen molar-refractivity contribution in [3.63, 3.8) is 0 Å². The van der Waals surface area contributed by atoms with Crippen molar-refractivity contribution in [3.8, 4) is 11.8 Å². The van der Waals surface area contributed by atoms with Gasteiger partial charge in [-0.05, 0) is 12.0 Å². The zero-order valence-electron chi connectivity index (χ0n) is 6.78. The van der Waals surface area contributed by atoms with E-state index in [4.69, 9.17) is 5.11 Å². The lowest BCUT2D eigenvalue weighted by Gasteiger charge is -1.90. The molecule has 2 heterocycles. The van der Waals surface area contributed by atoms with Gasteiger partial charge in [0.25, 0.3) is 0 Å². The molecule has 2 aromatic heterocycles. The summed E-state index contributed by atoms with van der Waals surface area (Å²) in [5, 5.41) is 9.40. The molecule has 0 unspecified atom stereocenters. The van der Waals surface area contributed by atoms with Gasteiger partial charge in [0.2, 0.25) is 0 Å². The lowest BCUT2D eigenvalue weighted by molar-refractivity contribution is 0.350. The normalized spacial score (nSPS) is 9.62. The van der Waals surface area contributed by atoms with Gasteiger partial charge >= 0.3 is 0 Å². The number of hydrogen-bond donors (Lipinski definition) is 2. The van der Waals surface area contributed by atoms with Gasteiger partial charge in [-0.1, -0.05) is 5.92 Å². The minimum absolute atomic E-state index is 0.157. The van der Waals surface area contributed by atoms with E-state index in [2.05, 4.69) is 26.8 Å². The van der Waals surface area contributed by atoms with Crippen molar-refractivity contribution in [1.82, 2.24) is 15.0 Å². The fourth-order valence-corrected chi connectivity index (χ4v) is 1.10. The van der Waals surface area contributed by atoms with Crippen LogP contribution in [0.2, 0.25) is 0 Å². The van der Waals surface area contributed by atoms with Crippen LogP contribution in [0.3, 0.4) is 0 Å². The van der Waals surface area contributed by atoms with Crippen LogP contribution in [-0.4, -0.2) is 26.7 Å². The van der Waals surface area contributed by atoms with Crippen LogP contribution >= 0.6 is 0 Å². The van der Waals surface area contributed by atoms with Gasteiger partial charge in [-0.25, -0.2) is 9.97 Å². The molecule has 4 heteroatoms. The molecule has 2 aromatic rings. The van der Waals surface area contributed by atoms with E-state index in [1.54, 1.807) is 6.20 Å². The minimum atomic E-state index is -0.157. The first-order valence-corrected chi connectivity index (χ1v) is 3.79. The molecular weight excluding hydrogens is 166 g/mol. The Bertz CT molecular complexity index is 478. The molecule has 0 spiro atoms. The highest BCUT2D eigenvalue weighted by Crippen LogP contribution is 2.10. The molecule has 0 aliphatic heterocycles. The Morgan fingerprint density at radius 1 is 1.46 bits per heavy atom. The number of hydrogen-bond acceptors (Lipinski definition) is 3. The summed E-state index contributed by atoms with van der Waals surface area (Å²) in [7, 11) is 0. The van der Waals surface area contributed by atoms with E-state index in [0.29, 0.717) is 5.69 Å². The largest absolute Gasteiger partial charge is 0.384 e. The van der Waals surface area contributed by atoms with Crippen LogP contribution in [0.4, 0.5) is 0 Å². The second-order valence-corrected chi connectivity index (χ2v) is 2.42. The standard InChI is InChI=1S/C9H7N3O/c13-5-1-2-8-7-3-4-10-9(7)12-6-11-8/h3-4,6,13H,5H2,(H,10,11,12). The molecule has 0 aromatic carbocycles. The van der Waals surface area contributed by atoms with Gasteiger partial charge in [0, 0.05) is 6.20 Å². The molecule has 0 radical (unpaired) electrons. The Balaban J connectivity index is 2.61. The maximum atomic E-state index is 8.53. The Kier molecular flexibility index (Phi) is 1.94. The van der Waals surface area contributed by atoms with Gasteiger partial charge in [0.1, 0.15) is 24.3 Å². The Labute approximate surface area is 74.6 Å². The van der Waals surface area contributed by atoms with Crippen molar-refractivity contribution < 1.29 is 5.11 Å². The molecule has 2 rings (SSSR count). The van der Waals surface area contributed by atoms with Crippen LogP contribution in [0.1, 0.15) is 5.69 Å². The van der Waals surface area contributed by atoms with Crippen LogP contribution < -0.4 is 0 Å². The van der Waals surface area contributed by atoms with Gasteiger partial charge < -0.3 is 10.1 Å². The number of aliphatic hydroxyl groups is 1. The van der Waals surface area contributed by atoms with E-state index < -0.39 is 0 Å². The Morgan fingerprint density at radius 2 is 2.38 bits per heavy atom. The Hall–Kier alpha value is -1.86. The molecule has 2 N–H and O–H groups in total. The molecule has 0 aliphatic rings. The number of aromatic amines is 1. The van der Waals surface area contributed by atoms with Gasteiger partial charge in [0.05, 0.1) is 5.39 Å². The van der Waals surface area contributed by atoms with Crippen molar-refractivity contribution >= 4 is 11.0 Å². The summed E-state index contributed by atoms with van der Waals surface area (Å²) in [6.45, 7) is -0.157. The fraction of sp³-hybridized carbons (Fsp3) is 0.111. The van der Waals surface area contributed by atoms with E-state index in [0.717, 1.165) is 11.0 Å². The van der Waals surface area contributed by atoms with Crippen molar-refractivity contribution in [2.24, 2.45) is 0 Å². The number of nitrogens with zero attached hydrogens (tertiary/aromatic N) is 2. The summed E-state index contributed by atoms with van der Waals surface area (Å²) >= 11 is 0. The third-order valence-electron chi connectivity index (χ3n) is 1.64. The zero-order valence-corrected chi connectivity index (χ0v) is 6.78. The average Bonchev–Trinajstić information content (AvgIpc) is 2.62. The second kappa shape index (κ2) is 3.25. The first-order valence-electron chi connectivity index (χ1n) is 3.79. The first-order chi connectivity index (χ1) is 6.42. The fourth-order valence-electron chi connectivity index (χ4n) is 1.10. The molecule has 0 aliphatic carbocycles. The monoisotopic (exact) mass is 173 g/mol. The van der Waals surface area contributed by atoms with Crippen LogP contribution in [0.15, 0.2) is 18.6 Å². The number of rotatable bonds is 0. The van der Waals surface area contributed by atoms with Gasteiger partial charge in [0.15, 0.2) is 0 Å². The zero-order chi connectivity index (χ0) is 9.10. The van der Waals surface area contributed by atoms with Crippen molar-refractivity contribution in [2.75, 3.05) is 6.61 Å². The summed E-state index contributed by atoms with van der Waals surface area (Å²) in [6, 6.07) is 1.86. The van der Waals surface area contributed by atoms with Crippen molar-refractivity contribution in [3.05, 3.63) is 24.3 Å². The predicted molar refractivity (Wildman–Crippen MR) is 47.9 cm³/mol. The topological polar surface area (TPSA) is 61.8 Å². The summed E-state index contributed by atoms with van der Waals surface area (Å²) in [5.41, 5.74) is 1.40. The molecular formula is C9H7N3O. The third-order valence-corrected chi connectivity index (χ3v) is 1.64. The number of nitrogens with one attached hydrogen (secondary N) is 1. The van der Waals surface area contributed by atoms with Crippen LogP contribution in [0, 0.1) is 11.8 Å². The highest BCUT2D eigenvalue weighted by Gasteiger charge is 1.99. The number of aromatic nitrogens is 3. The third kappa shape index (κ3) is 1.37. The van der Waals surface area contributed by atoms with Gasteiger partial charge in [-0.3, -0.25) is 0 Å². The summed E-state index contributed by atoms with van der Waals surface area (Å²) in [4.78, 5) is 11.0. The lowest BCUT2D eigenvalue weighted by atomic mass is 10.3. The summed E-state index contributed by atoms with van der Waals surface area (Å²) < 4.78 is 0. The van der Waals surface area contributed by atoms with Crippen molar-refractivity contribution in [1.29, 1.82) is 0 Å². The smallest absolute Gasteiger partial charge is 0.141 e. The lowest BCUT2D eigenvalue weighted by Crippen LogP contribution is -1.86. The van der Waals surface area contributed by atoms with Crippen LogP contribution in [0.25, 0.3) is 11.0 Å². The maximum Gasteiger partial charge on any atom is 0.141 e. The highest BCUT2D eigenvalue weighted by atomic mass is 16.2. The molecule has 0 amide bonds. The van der Waals surface area contributed by atoms with E-state index in [1.807, 2.05) is 6.07 Å². The van der Waals surface area contributed by atoms with E-state index in [9.17, 15) is 0 Å². The van der Waals surface area contributed by atoms with Gasteiger partial charge in [-0.2, -0.15) is 0 Å². The maximum absolute atomic E-state index is 8.53. The number of fused-ring (bicyclic) bond motifs is 1. The van der Waals surface area contributed by atoms with Gasteiger partial charge in [-0.15, -0.1) is 0 Å². The molecule has 0 saturated heterocycles. The number of aliphatic hydroxyl groups excluding tert-OH is 1. The highest BCUT2D eigenvalue weighted by molar-refractivity contribution is 5.80. The van der Waals surface area contributed by atoms with Crippen LogP contribution in [-0.2, 0) is 0 Å². The van der Waals surface area contributed by atoms with Crippen molar-refractivity contribution in [2.45, 2.75) is 0 Å². The predicted octanol–water partition coefficient (Wildman–Crippen LogP) is 0.302. The molecule has 0 fully saturated rings. The molecule has 0 bridgehead atoms. The van der Waals surface area contributed by atoms with E-state index >= 15 is 0 Å². The summed E-state index contributed by atoms with van der Waals surface area (Å²) in [5.74, 6) is 5.30. The molecule has 0 atom stereocenters. The first kappa shape index (κ1) is 7.77. The molecule has 13 heavy (non-hydrogen) atoms. The van der Waals surface area contributed by atoms with E-state index in [1.165, 1.54) is 6.33 Å². The average molecular weight is 173 g/mol. The quantitative estimate of drug-likeness (QED) is 0.563. The summed E-state index contributed by atoms with van der Waals surface area (Å²) in [6.07, 6.45) is 3.23. The molecule has 4 nitrogen and oxygen atoms in total. The number of H-pyrrole nitrogens is 1. The molecule has 64 valence electrons.